The number of hydrogen-bond donors (Lipinski definition) is 4. The van der Waals surface area contributed by atoms with Crippen LogP contribution in [0, 0.1) is 6.92 Å². The second-order valence-corrected chi connectivity index (χ2v) is 16.3. The number of thiazole rings is 1. The summed E-state index contributed by atoms with van der Waals surface area (Å²) in [6, 6.07) is 10.5. The minimum absolute atomic E-state index is 0.00739. The van der Waals surface area contributed by atoms with Gasteiger partial charge in [-0.15, -0.1) is 21.5 Å². The van der Waals surface area contributed by atoms with Gasteiger partial charge in [-0.05, 0) is 66.7 Å². The average Bonchev–Trinajstić information content (AvgIpc) is 3.76. The standard InChI is InChI=1S/C37H45ClF3N9O8S/c1-20-46-47-30(49(20)26-15-22(38)13-14-23(26)37(39,40)41)29-28(51)27(17-54-31(58-44-19-55-29)21-11-9-8-10-12-21)48(43)16-24(42)25-18-59-32(45-25)50(33(52)56-35(2,3)4)34(53)57-36(5,6)7/h8-16,18,27-29,31,44,51H,17,19,42-43H2,1-7H3/b24-16-. The second kappa shape index (κ2) is 18.2. The quantitative estimate of drug-likeness (QED) is 0.115. The van der Waals surface area contributed by atoms with Crippen molar-refractivity contribution >= 4 is 46.0 Å². The van der Waals surface area contributed by atoms with E-state index in [2.05, 4.69) is 20.7 Å². The number of carbonyl (C=O) groups excluding carboxylic acids is 2. The van der Waals surface area contributed by atoms with E-state index < -0.39 is 78.7 Å². The summed E-state index contributed by atoms with van der Waals surface area (Å²) < 4.78 is 67.1. The molecule has 3 heterocycles. The number of rotatable bonds is 7. The SMILES string of the molecule is Cc1nnc(C2OCNOC(c3ccccc3)OCC(N(N)/C=C(\N)c3csc(N(C(=O)OC(C)(C)C)C(=O)OC(C)(C)C)n3)C2O)n1-c1cc(Cl)ccc1C(F)(F)F. The summed E-state index contributed by atoms with van der Waals surface area (Å²) in [6.07, 6.45) is -10.0. The highest BCUT2D eigenvalue weighted by Crippen LogP contribution is 2.38. The molecule has 2 aromatic carbocycles. The van der Waals surface area contributed by atoms with Gasteiger partial charge in [0.2, 0.25) is 11.4 Å². The highest BCUT2D eigenvalue weighted by Gasteiger charge is 2.41. The summed E-state index contributed by atoms with van der Waals surface area (Å²) >= 11 is 7.06. The molecular weight excluding hydrogens is 823 g/mol. The van der Waals surface area contributed by atoms with Crippen molar-refractivity contribution in [3.8, 4) is 5.69 Å². The van der Waals surface area contributed by atoms with Crippen LogP contribution in [0.1, 0.15) is 82.4 Å². The van der Waals surface area contributed by atoms with E-state index in [0.717, 1.165) is 39.1 Å². The molecular formula is C37H45ClF3N9O8S. The Morgan fingerprint density at radius 1 is 1.03 bits per heavy atom. The van der Waals surface area contributed by atoms with Crippen molar-refractivity contribution in [2.75, 3.05) is 18.2 Å². The number of aryl methyl sites for hydroxylation is 1. The fourth-order valence-electron chi connectivity index (χ4n) is 5.57. The lowest BCUT2D eigenvalue weighted by Gasteiger charge is -2.36. The van der Waals surface area contributed by atoms with Gasteiger partial charge in [-0.1, -0.05) is 41.9 Å². The number of hydroxylamine groups is 1. The highest BCUT2D eigenvalue weighted by atomic mass is 35.5. The number of amides is 2. The first kappa shape index (κ1) is 45.2. The molecule has 1 saturated heterocycles. The Morgan fingerprint density at radius 3 is 2.29 bits per heavy atom. The molecule has 4 atom stereocenters. The Labute approximate surface area is 346 Å². The summed E-state index contributed by atoms with van der Waals surface area (Å²) in [5.74, 6) is 6.38. The predicted octanol–water partition coefficient (Wildman–Crippen LogP) is 6.51. The number of carbonyl (C=O) groups is 2. The number of ether oxygens (including phenoxy) is 4. The Bertz CT molecular complexity index is 2100. The number of aromatic nitrogens is 4. The first-order chi connectivity index (χ1) is 27.5. The van der Waals surface area contributed by atoms with E-state index in [4.69, 9.17) is 47.0 Å². The maximum Gasteiger partial charge on any atom is 0.426 e. The van der Waals surface area contributed by atoms with Gasteiger partial charge < -0.3 is 34.8 Å². The van der Waals surface area contributed by atoms with Crippen LogP contribution >= 0.6 is 22.9 Å². The average molecular weight is 868 g/mol. The highest BCUT2D eigenvalue weighted by molar-refractivity contribution is 7.14. The van der Waals surface area contributed by atoms with Gasteiger partial charge in [0, 0.05) is 22.2 Å². The van der Waals surface area contributed by atoms with Crippen molar-refractivity contribution in [3.63, 3.8) is 0 Å². The number of anilines is 1. The number of aliphatic hydroxyl groups is 1. The van der Waals surface area contributed by atoms with E-state index in [-0.39, 0.29) is 33.2 Å². The molecule has 2 aromatic heterocycles. The van der Waals surface area contributed by atoms with Crippen molar-refractivity contribution in [2.45, 2.75) is 90.4 Å². The second-order valence-electron chi connectivity index (χ2n) is 15.1. The van der Waals surface area contributed by atoms with Gasteiger partial charge >= 0.3 is 18.4 Å². The third-order valence-corrected chi connectivity index (χ3v) is 9.18. The summed E-state index contributed by atoms with van der Waals surface area (Å²) in [6.45, 7) is 10.4. The molecule has 1 fully saturated rings. The van der Waals surface area contributed by atoms with E-state index in [9.17, 15) is 27.9 Å². The summed E-state index contributed by atoms with van der Waals surface area (Å²) in [5.41, 5.74) is 6.21. The van der Waals surface area contributed by atoms with Gasteiger partial charge in [0.15, 0.2) is 5.82 Å². The van der Waals surface area contributed by atoms with Crippen LogP contribution in [0.2, 0.25) is 5.02 Å². The molecule has 0 aliphatic carbocycles. The lowest BCUT2D eigenvalue weighted by molar-refractivity contribution is -0.232. The molecule has 17 nitrogen and oxygen atoms in total. The molecule has 0 bridgehead atoms. The van der Waals surface area contributed by atoms with Crippen LogP contribution < -0.4 is 22.0 Å². The third kappa shape index (κ3) is 11.5. The van der Waals surface area contributed by atoms with E-state index in [1.807, 2.05) is 0 Å². The van der Waals surface area contributed by atoms with Crippen LogP contribution in [0.15, 0.2) is 60.1 Å². The first-order valence-electron chi connectivity index (χ1n) is 17.9. The van der Waals surface area contributed by atoms with Crippen molar-refractivity contribution in [1.29, 1.82) is 0 Å². The maximum atomic E-state index is 14.3. The van der Waals surface area contributed by atoms with Gasteiger partial charge in [0.05, 0.1) is 29.6 Å². The van der Waals surface area contributed by atoms with Crippen molar-refractivity contribution in [3.05, 3.63) is 93.6 Å². The fourth-order valence-corrected chi connectivity index (χ4v) is 6.55. The van der Waals surface area contributed by atoms with Gasteiger partial charge in [0.25, 0.3) is 0 Å². The first-order valence-corrected chi connectivity index (χ1v) is 19.2. The zero-order valence-corrected chi connectivity index (χ0v) is 34.6. The Kier molecular flexibility index (Phi) is 13.9. The number of benzene rings is 2. The number of hydrogen-bond acceptors (Lipinski definition) is 16. The molecule has 4 unspecified atom stereocenters. The molecule has 320 valence electrons. The van der Waals surface area contributed by atoms with Gasteiger partial charge in [-0.2, -0.15) is 23.6 Å². The number of halogens is 4. The zero-order chi connectivity index (χ0) is 43.4. The predicted molar refractivity (Wildman–Crippen MR) is 209 cm³/mol. The smallest absolute Gasteiger partial charge is 0.426 e. The number of nitrogens with two attached hydrogens (primary N) is 2. The van der Waals surface area contributed by atoms with E-state index in [0.29, 0.717) is 10.5 Å². The summed E-state index contributed by atoms with van der Waals surface area (Å²) in [4.78, 5) is 37.2. The van der Waals surface area contributed by atoms with Crippen LogP contribution in [0.5, 0.6) is 0 Å². The maximum absolute atomic E-state index is 14.3. The number of nitrogens with one attached hydrogen (secondary N) is 1. The van der Waals surface area contributed by atoms with E-state index in [1.54, 1.807) is 71.9 Å². The number of hydrazine groups is 1. The van der Waals surface area contributed by atoms with Crippen LogP contribution in [-0.4, -0.2) is 78.7 Å². The number of nitrogens with zero attached hydrogens (tertiary/aromatic N) is 6. The van der Waals surface area contributed by atoms with Crippen molar-refractivity contribution < 1.29 is 51.7 Å². The minimum Gasteiger partial charge on any atom is -0.443 e. The lowest BCUT2D eigenvalue weighted by atomic mass is 10.0. The summed E-state index contributed by atoms with van der Waals surface area (Å²) in [7, 11) is 0. The van der Waals surface area contributed by atoms with Crippen molar-refractivity contribution in [2.24, 2.45) is 11.6 Å². The normalized spacial score (nSPS) is 19.8. The molecule has 1 aliphatic heterocycles. The molecule has 0 radical (unpaired) electrons. The topological polar surface area (TPSA) is 215 Å². The Morgan fingerprint density at radius 2 is 1.68 bits per heavy atom. The van der Waals surface area contributed by atoms with Crippen LogP contribution in [0.4, 0.5) is 27.9 Å². The Hall–Kier alpha value is -4.87. The van der Waals surface area contributed by atoms with E-state index in [1.165, 1.54) is 18.5 Å². The third-order valence-electron chi connectivity index (χ3n) is 8.12. The lowest BCUT2D eigenvalue weighted by Crippen LogP contribution is -2.52. The molecule has 59 heavy (non-hydrogen) atoms. The number of aliphatic hydroxyl groups excluding tert-OH is 1. The molecule has 0 spiro atoms. The van der Waals surface area contributed by atoms with Crippen LogP contribution in [0.25, 0.3) is 11.4 Å². The zero-order valence-electron chi connectivity index (χ0n) is 33.1. The van der Waals surface area contributed by atoms with Gasteiger partial charge in [-0.25, -0.2) is 20.4 Å². The summed E-state index contributed by atoms with van der Waals surface area (Å²) in [5, 5.41) is 22.6. The van der Waals surface area contributed by atoms with E-state index >= 15 is 0 Å². The number of imide groups is 1. The minimum atomic E-state index is -4.81. The molecule has 1 aliphatic rings. The van der Waals surface area contributed by atoms with Crippen LogP contribution in [0.3, 0.4) is 0 Å². The molecule has 2 amide bonds. The Balaban J connectivity index is 1.54. The van der Waals surface area contributed by atoms with Gasteiger partial charge in [0.1, 0.15) is 41.7 Å². The monoisotopic (exact) mass is 867 g/mol. The molecule has 22 heteroatoms. The van der Waals surface area contributed by atoms with Crippen LogP contribution in [-0.2, 0) is 30.0 Å². The molecule has 0 saturated carbocycles. The molecule has 4 aromatic rings. The molecule has 6 N–H and O–H groups in total. The number of alkyl halides is 3. The fraction of sp³-hybridized carbons (Fsp3) is 0.432. The molecule has 5 rings (SSSR count). The van der Waals surface area contributed by atoms with Gasteiger partial charge in [-0.3, -0.25) is 9.40 Å². The van der Waals surface area contributed by atoms with Crippen molar-refractivity contribution in [1.82, 2.24) is 30.2 Å². The largest absolute Gasteiger partial charge is 0.443 e.